The first-order valence-electron chi connectivity index (χ1n) is 7.71. The van der Waals surface area contributed by atoms with Gasteiger partial charge in [-0.1, -0.05) is 13.8 Å². The van der Waals surface area contributed by atoms with Gasteiger partial charge in [0.2, 0.25) is 5.91 Å². The molecule has 1 unspecified atom stereocenters. The second-order valence-corrected chi connectivity index (χ2v) is 6.61. The van der Waals surface area contributed by atoms with Crippen molar-refractivity contribution in [3.05, 3.63) is 0 Å². The van der Waals surface area contributed by atoms with Gasteiger partial charge in [0.15, 0.2) is 0 Å². The predicted octanol–water partition coefficient (Wildman–Crippen LogP) is 1.40. The van der Waals surface area contributed by atoms with Gasteiger partial charge in [-0.3, -0.25) is 14.5 Å². The first-order valence-corrected chi connectivity index (χ1v) is 7.71. The number of carbonyl (C=O) groups is 3. The molecule has 2 N–H and O–H groups in total. The number of hydrogen-bond acceptors (Lipinski definition) is 3. The molecule has 0 aromatic rings. The van der Waals surface area contributed by atoms with E-state index in [1.165, 1.54) is 0 Å². The average Bonchev–Trinajstić information content (AvgIpc) is 3.25. The zero-order chi connectivity index (χ0) is 15.8. The fourth-order valence-electron chi connectivity index (χ4n) is 2.74. The van der Waals surface area contributed by atoms with Crippen LogP contribution in [0.2, 0.25) is 0 Å². The summed E-state index contributed by atoms with van der Waals surface area (Å²) in [6.45, 7) is 7.52. The van der Waals surface area contributed by atoms with Crippen LogP contribution < -0.4 is 10.6 Å². The molecule has 2 aliphatic rings. The van der Waals surface area contributed by atoms with Gasteiger partial charge in [-0.15, -0.1) is 0 Å². The molecule has 1 atom stereocenters. The molecule has 6 heteroatoms. The molecule has 1 saturated heterocycles. The Balaban J connectivity index is 2.01. The highest BCUT2D eigenvalue weighted by molar-refractivity contribution is 6.09. The molecule has 0 bridgehead atoms. The number of hydrogen-bond donors (Lipinski definition) is 2. The standard InChI is InChI=1S/C15H25N3O3/c1-5-14(3,6-2)16-11(19)9-18-12(20)15(4,10-7-8-10)17-13(18)21/h10H,5-9H2,1-4H3,(H,16,19)(H,17,21). The molecule has 6 nitrogen and oxygen atoms in total. The lowest BCUT2D eigenvalue weighted by molar-refractivity contribution is -0.135. The maximum Gasteiger partial charge on any atom is 0.325 e. The Bertz CT molecular complexity index is 469. The van der Waals surface area contributed by atoms with E-state index in [0.717, 1.165) is 30.6 Å². The van der Waals surface area contributed by atoms with Crippen LogP contribution in [-0.4, -0.2) is 40.4 Å². The largest absolute Gasteiger partial charge is 0.349 e. The lowest BCUT2D eigenvalue weighted by Gasteiger charge is -2.29. The maximum atomic E-state index is 12.4. The van der Waals surface area contributed by atoms with E-state index >= 15 is 0 Å². The molecule has 1 saturated carbocycles. The van der Waals surface area contributed by atoms with E-state index in [9.17, 15) is 14.4 Å². The Hall–Kier alpha value is -1.59. The molecule has 1 aliphatic heterocycles. The average molecular weight is 295 g/mol. The quantitative estimate of drug-likeness (QED) is 0.727. The van der Waals surface area contributed by atoms with Crippen molar-refractivity contribution >= 4 is 17.8 Å². The molecule has 0 radical (unpaired) electrons. The van der Waals surface area contributed by atoms with Crippen LogP contribution in [0.5, 0.6) is 0 Å². The van der Waals surface area contributed by atoms with E-state index in [0.29, 0.717) is 0 Å². The predicted molar refractivity (Wildman–Crippen MR) is 78.5 cm³/mol. The SMILES string of the molecule is CCC(C)(CC)NC(=O)CN1C(=O)NC(C)(C2CC2)C1=O. The summed E-state index contributed by atoms with van der Waals surface area (Å²) < 4.78 is 0. The summed E-state index contributed by atoms with van der Waals surface area (Å²) in [5, 5.41) is 5.67. The van der Waals surface area contributed by atoms with Gasteiger partial charge in [0.25, 0.3) is 5.91 Å². The minimum absolute atomic E-state index is 0.206. The monoisotopic (exact) mass is 295 g/mol. The van der Waals surface area contributed by atoms with E-state index in [1.54, 1.807) is 6.92 Å². The zero-order valence-corrected chi connectivity index (χ0v) is 13.3. The van der Waals surface area contributed by atoms with Gasteiger partial charge in [-0.25, -0.2) is 4.79 Å². The van der Waals surface area contributed by atoms with E-state index < -0.39 is 11.6 Å². The van der Waals surface area contributed by atoms with Crippen molar-refractivity contribution in [2.24, 2.45) is 5.92 Å². The Morgan fingerprint density at radius 2 is 1.95 bits per heavy atom. The molecule has 2 fully saturated rings. The van der Waals surface area contributed by atoms with E-state index in [1.807, 2.05) is 20.8 Å². The van der Waals surface area contributed by atoms with Crippen molar-refractivity contribution in [3.8, 4) is 0 Å². The molecule has 118 valence electrons. The summed E-state index contributed by atoms with van der Waals surface area (Å²) in [7, 11) is 0. The number of urea groups is 1. The summed E-state index contributed by atoms with van der Waals surface area (Å²) in [6, 6.07) is -0.459. The molecule has 0 spiro atoms. The van der Waals surface area contributed by atoms with Gasteiger partial charge in [0.05, 0.1) is 0 Å². The van der Waals surface area contributed by atoms with Crippen molar-refractivity contribution in [2.45, 2.75) is 64.5 Å². The topological polar surface area (TPSA) is 78.5 Å². The van der Waals surface area contributed by atoms with Gasteiger partial charge in [-0.05, 0) is 45.4 Å². The number of amides is 4. The van der Waals surface area contributed by atoms with Crippen molar-refractivity contribution in [1.82, 2.24) is 15.5 Å². The van der Waals surface area contributed by atoms with Crippen LogP contribution >= 0.6 is 0 Å². The molecular formula is C15H25N3O3. The fourth-order valence-corrected chi connectivity index (χ4v) is 2.74. The number of carbonyl (C=O) groups excluding carboxylic acids is 3. The molecule has 21 heavy (non-hydrogen) atoms. The third-order valence-corrected chi connectivity index (χ3v) is 5.00. The molecule has 2 rings (SSSR count). The summed E-state index contributed by atoms with van der Waals surface area (Å²) in [5.41, 5.74) is -1.12. The maximum absolute atomic E-state index is 12.4. The molecular weight excluding hydrogens is 270 g/mol. The summed E-state index contributed by atoms with van der Waals surface area (Å²) in [4.78, 5) is 37.6. The second-order valence-electron chi connectivity index (χ2n) is 6.61. The van der Waals surface area contributed by atoms with Gasteiger partial charge >= 0.3 is 6.03 Å². The van der Waals surface area contributed by atoms with Crippen LogP contribution in [0.25, 0.3) is 0 Å². The van der Waals surface area contributed by atoms with Crippen molar-refractivity contribution in [1.29, 1.82) is 0 Å². The smallest absolute Gasteiger partial charge is 0.325 e. The Morgan fingerprint density at radius 3 is 2.43 bits per heavy atom. The second kappa shape index (κ2) is 5.31. The molecule has 0 aromatic heterocycles. The lowest BCUT2D eigenvalue weighted by atomic mass is 9.95. The molecule has 0 aromatic carbocycles. The summed E-state index contributed by atoms with van der Waals surface area (Å²) in [6.07, 6.45) is 3.50. The lowest BCUT2D eigenvalue weighted by Crippen LogP contribution is -2.50. The van der Waals surface area contributed by atoms with E-state index in [2.05, 4.69) is 10.6 Å². The van der Waals surface area contributed by atoms with Gasteiger partial charge in [0.1, 0.15) is 12.1 Å². The number of imide groups is 1. The highest BCUT2D eigenvalue weighted by Crippen LogP contribution is 2.42. The van der Waals surface area contributed by atoms with Crippen LogP contribution in [0, 0.1) is 5.92 Å². The van der Waals surface area contributed by atoms with Gasteiger partial charge < -0.3 is 10.6 Å². The highest BCUT2D eigenvalue weighted by Gasteiger charge is 2.56. The first-order chi connectivity index (χ1) is 9.75. The highest BCUT2D eigenvalue weighted by atomic mass is 16.2. The zero-order valence-electron chi connectivity index (χ0n) is 13.3. The van der Waals surface area contributed by atoms with Crippen molar-refractivity contribution in [2.75, 3.05) is 6.54 Å². The first kappa shape index (κ1) is 15.8. The molecule has 1 heterocycles. The van der Waals surface area contributed by atoms with Crippen LogP contribution in [0.1, 0.15) is 53.4 Å². The molecule has 1 aliphatic carbocycles. The van der Waals surface area contributed by atoms with Crippen LogP contribution in [-0.2, 0) is 9.59 Å². The van der Waals surface area contributed by atoms with Gasteiger partial charge in [0, 0.05) is 5.54 Å². The Morgan fingerprint density at radius 1 is 1.38 bits per heavy atom. The van der Waals surface area contributed by atoms with Crippen LogP contribution in [0.4, 0.5) is 4.79 Å². The third kappa shape index (κ3) is 2.89. The van der Waals surface area contributed by atoms with Gasteiger partial charge in [-0.2, -0.15) is 0 Å². The van der Waals surface area contributed by atoms with Crippen molar-refractivity contribution < 1.29 is 14.4 Å². The number of rotatable bonds is 6. The normalized spacial score (nSPS) is 26.0. The Labute approximate surface area is 125 Å². The molecule has 4 amide bonds. The number of nitrogens with zero attached hydrogens (tertiary/aromatic N) is 1. The third-order valence-electron chi connectivity index (χ3n) is 5.00. The van der Waals surface area contributed by atoms with E-state index in [-0.39, 0.29) is 29.8 Å². The Kier molecular flexibility index (Phi) is 4.00. The van der Waals surface area contributed by atoms with Crippen LogP contribution in [0.3, 0.4) is 0 Å². The summed E-state index contributed by atoms with van der Waals surface area (Å²) >= 11 is 0. The van der Waals surface area contributed by atoms with E-state index in [4.69, 9.17) is 0 Å². The minimum Gasteiger partial charge on any atom is -0.349 e. The number of nitrogens with one attached hydrogen (secondary N) is 2. The van der Waals surface area contributed by atoms with Crippen molar-refractivity contribution in [3.63, 3.8) is 0 Å². The van der Waals surface area contributed by atoms with Crippen LogP contribution in [0.15, 0.2) is 0 Å². The fraction of sp³-hybridized carbons (Fsp3) is 0.800. The summed E-state index contributed by atoms with van der Waals surface area (Å²) in [5.74, 6) is -0.358. The minimum atomic E-state index is -0.823.